The van der Waals surface area contributed by atoms with E-state index >= 15 is 0 Å². The van der Waals surface area contributed by atoms with E-state index in [0.29, 0.717) is 6.42 Å². The van der Waals surface area contributed by atoms with E-state index in [1.165, 1.54) is 24.9 Å². The fourth-order valence-electron chi connectivity index (χ4n) is 2.78. The number of nitrogens with one attached hydrogen (secondary N) is 1. The highest BCUT2D eigenvalue weighted by atomic mass is 16.1. The third kappa shape index (κ3) is 3.85. The quantitative estimate of drug-likeness (QED) is 0.941. The summed E-state index contributed by atoms with van der Waals surface area (Å²) in [7, 11) is 0. The number of nitrogens with zero attached hydrogens (tertiary/aromatic N) is 2. The van der Waals surface area contributed by atoms with Gasteiger partial charge in [0.1, 0.15) is 0 Å². The van der Waals surface area contributed by atoms with Gasteiger partial charge in [0.2, 0.25) is 5.91 Å². The monoisotopic (exact) mass is 295 g/mol. The van der Waals surface area contributed by atoms with E-state index in [4.69, 9.17) is 0 Å². The van der Waals surface area contributed by atoms with Crippen LogP contribution in [0, 0.1) is 0 Å². The van der Waals surface area contributed by atoms with Crippen LogP contribution in [0.25, 0.3) is 0 Å². The van der Waals surface area contributed by atoms with Crippen LogP contribution in [0.2, 0.25) is 0 Å². The zero-order valence-electron chi connectivity index (χ0n) is 12.7. The summed E-state index contributed by atoms with van der Waals surface area (Å²) in [6, 6.07) is 13.7. The van der Waals surface area contributed by atoms with Crippen molar-refractivity contribution >= 4 is 17.3 Å². The molecular formula is C18H21N3O. The average Bonchev–Trinajstić information content (AvgIpc) is 2.57. The molecule has 1 amide bonds. The van der Waals surface area contributed by atoms with E-state index < -0.39 is 0 Å². The van der Waals surface area contributed by atoms with Crippen LogP contribution in [-0.2, 0) is 11.2 Å². The lowest BCUT2D eigenvalue weighted by Gasteiger charge is -2.28. The number of carbonyl (C=O) groups excluding carboxylic acids is 1. The number of anilines is 2. The van der Waals surface area contributed by atoms with Crippen molar-refractivity contribution in [2.45, 2.75) is 25.7 Å². The van der Waals surface area contributed by atoms with Gasteiger partial charge in [0, 0.05) is 36.4 Å². The Bertz CT molecular complexity index is 604. The summed E-state index contributed by atoms with van der Waals surface area (Å²) in [5.74, 6) is -0.0376. The molecule has 4 nitrogen and oxygen atoms in total. The van der Waals surface area contributed by atoms with Crippen molar-refractivity contribution in [3.8, 4) is 0 Å². The number of amides is 1. The van der Waals surface area contributed by atoms with E-state index in [0.717, 1.165) is 24.5 Å². The summed E-state index contributed by atoms with van der Waals surface area (Å²) in [4.78, 5) is 18.6. The van der Waals surface area contributed by atoms with Crippen molar-refractivity contribution in [2.24, 2.45) is 0 Å². The summed E-state index contributed by atoms with van der Waals surface area (Å²) in [6.45, 7) is 2.26. The molecule has 1 aliphatic rings. The first kappa shape index (κ1) is 14.6. The molecule has 0 atom stereocenters. The van der Waals surface area contributed by atoms with E-state index in [-0.39, 0.29) is 5.91 Å². The number of carbonyl (C=O) groups is 1. The highest BCUT2D eigenvalue weighted by Crippen LogP contribution is 2.21. The van der Waals surface area contributed by atoms with E-state index in [9.17, 15) is 4.79 Å². The first-order chi connectivity index (χ1) is 10.8. The van der Waals surface area contributed by atoms with Crippen LogP contribution in [0.4, 0.5) is 11.4 Å². The molecule has 2 heterocycles. The number of hydrogen-bond donors (Lipinski definition) is 1. The second-order valence-electron chi connectivity index (χ2n) is 5.64. The van der Waals surface area contributed by atoms with Crippen LogP contribution in [0.5, 0.6) is 0 Å². The van der Waals surface area contributed by atoms with Crippen LogP contribution in [-0.4, -0.2) is 24.0 Å². The third-order valence-corrected chi connectivity index (χ3v) is 3.94. The van der Waals surface area contributed by atoms with E-state index in [2.05, 4.69) is 27.3 Å². The maximum absolute atomic E-state index is 12.0. The fourth-order valence-corrected chi connectivity index (χ4v) is 2.78. The number of pyridine rings is 1. The van der Waals surface area contributed by atoms with Gasteiger partial charge in [-0.25, -0.2) is 0 Å². The molecule has 114 valence electrons. The van der Waals surface area contributed by atoms with Crippen LogP contribution in [0.15, 0.2) is 48.7 Å². The minimum absolute atomic E-state index is 0.0376. The summed E-state index contributed by atoms with van der Waals surface area (Å²) < 4.78 is 0. The number of aromatic nitrogens is 1. The lowest BCUT2D eigenvalue weighted by atomic mass is 10.1. The molecule has 0 spiro atoms. The van der Waals surface area contributed by atoms with E-state index in [1.807, 2.05) is 30.3 Å². The molecule has 0 unspecified atom stereocenters. The Balaban J connectivity index is 1.57. The SMILES string of the molecule is O=C(Cc1ccccn1)Nc1ccc(N2CCCCC2)cc1. The van der Waals surface area contributed by atoms with Crippen LogP contribution in [0.1, 0.15) is 25.0 Å². The summed E-state index contributed by atoms with van der Waals surface area (Å²) in [5.41, 5.74) is 2.86. The van der Waals surface area contributed by atoms with Crippen LogP contribution in [0.3, 0.4) is 0 Å². The van der Waals surface area contributed by atoms with Gasteiger partial charge in [-0.2, -0.15) is 0 Å². The van der Waals surface area contributed by atoms with Gasteiger partial charge in [-0.05, 0) is 55.7 Å². The Hall–Kier alpha value is -2.36. The largest absolute Gasteiger partial charge is 0.372 e. The molecule has 1 aliphatic heterocycles. The van der Waals surface area contributed by atoms with Gasteiger partial charge in [0.05, 0.1) is 6.42 Å². The lowest BCUT2D eigenvalue weighted by molar-refractivity contribution is -0.115. The molecule has 2 aromatic rings. The molecule has 1 N–H and O–H groups in total. The average molecular weight is 295 g/mol. The Morgan fingerprint density at radius 1 is 1.05 bits per heavy atom. The molecule has 22 heavy (non-hydrogen) atoms. The highest BCUT2D eigenvalue weighted by Gasteiger charge is 2.11. The molecule has 1 aromatic heterocycles. The smallest absolute Gasteiger partial charge is 0.230 e. The van der Waals surface area contributed by atoms with Gasteiger partial charge >= 0.3 is 0 Å². The minimum Gasteiger partial charge on any atom is -0.372 e. The first-order valence-electron chi connectivity index (χ1n) is 7.86. The molecule has 4 heteroatoms. The van der Waals surface area contributed by atoms with Gasteiger partial charge in [0.25, 0.3) is 0 Å². The summed E-state index contributed by atoms with van der Waals surface area (Å²) in [5, 5.41) is 2.92. The Labute approximate surface area is 131 Å². The maximum atomic E-state index is 12.0. The van der Waals surface area contributed by atoms with Gasteiger partial charge in [-0.1, -0.05) is 6.07 Å². The van der Waals surface area contributed by atoms with Crippen LogP contribution < -0.4 is 10.2 Å². The summed E-state index contributed by atoms with van der Waals surface area (Å²) in [6.07, 6.45) is 5.87. The molecule has 0 radical (unpaired) electrons. The molecule has 1 aromatic carbocycles. The summed E-state index contributed by atoms with van der Waals surface area (Å²) >= 11 is 0. The van der Waals surface area contributed by atoms with Crippen LogP contribution >= 0.6 is 0 Å². The van der Waals surface area contributed by atoms with Crippen molar-refractivity contribution in [3.05, 3.63) is 54.4 Å². The molecule has 0 bridgehead atoms. The predicted octanol–water partition coefficient (Wildman–Crippen LogP) is 3.25. The van der Waals surface area contributed by atoms with Crippen molar-refractivity contribution in [1.82, 2.24) is 4.98 Å². The molecule has 1 fully saturated rings. The lowest BCUT2D eigenvalue weighted by Crippen LogP contribution is -2.29. The standard InChI is InChI=1S/C18H21N3O/c22-18(14-16-6-2-3-11-19-16)20-15-7-9-17(10-8-15)21-12-4-1-5-13-21/h2-3,6-11H,1,4-5,12-14H2,(H,20,22). The zero-order chi connectivity index (χ0) is 15.2. The van der Waals surface area contributed by atoms with Gasteiger partial charge in [-0.3, -0.25) is 9.78 Å². The van der Waals surface area contributed by atoms with Crippen molar-refractivity contribution in [1.29, 1.82) is 0 Å². The van der Waals surface area contributed by atoms with Crippen molar-refractivity contribution < 1.29 is 4.79 Å². The molecule has 0 aliphatic carbocycles. The Morgan fingerprint density at radius 3 is 2.50 bits per heavy atom. The Morgan fingerprint density at radius 2 is 1.82 bits per heavy atom. The highest BCUT2D eigenvalue weighted by molar-refractivity contribution is 5.92. The topological polar surface area (TPSA) is 45.2 Å². The molecule has 0 saturated carbocycles. The minimum atomic E-state index is -0.0376. The maximum Gasteiger partial charge on any atom is 0.230 e. The van der Waals surface area contributed by atoms with Gasteiger partial charge < -0.3 is 10.2 Å². The normalized spacial score (nSPS) is 14.6. The molecular weight excluding hydrogens is 274 g/mol. The molecule has 1 saturated heterocycles. The number of benzene rings is 1. The van der Waals surface area contributed by atoms with Gasteiger partial charge in [0.15, 0.2) is 0 Å². The zero-order valence-corrected chi connectivity index (χ0v) is 12.7. The second-order valence-corrected chi connectivity index (χ2v) is 5.64. The molecule has 3 rings (SSSR count). The fraction of sp³-hybridized carbons (Fsp3) is 0.333. The van der Waals surface area contributed by atoms with E-state index in [1.54, 1.807) is 6.20 Å². The van der Waals surface area contributed by atoms with Gasteiger partial charge in [-0.15, -0.1) is 0 Å². The number of piperidine rings is 1. The predicted molar refractivity (Wildman–Crippen MR) is 89.1 cm³/mol. The Kier molecular flexibility index (Phi) is 4.68. The van der Waals surface area contributed by atoms with Crippen molar-refractivity contribution in [3.63, 3.8) is 0 Å². The third-order valence-electron chi connectivity index (χ3n) is 3.94. The van der Waals surface area contributed by atoms with Crippen molar-refractivity contribution in [2.75, 3.05) is 23.3 Å². The number of hydrogen-bond acceptors (Lipinski definition) is 3. The first-order valence-corrected chi connectivity index (χ1v) is 7.86. The number of rotatable bonds is 4. The second kappa shape index (κ2) is 7.07.